The van der Waals surface area contributed by atoms with Crippen molar-refractivity contribution >= 4 is 50.8 Å². The van der Waals surface area contributed by atoms with Gasteiger partial charge in [-0.05, 0) is 72.7 Å². The number of aryl methyl sites for hydroxylation is 1. The van der Waals surface area contributed by atoms with Crippen LogP contribution in [0, 0.1) is 6.92 Å². The molecule has 1 atom stereocenters. The van der Waals surface area contributed by atoms with E-state index in [1.807, 2.05) is 54.1 Å². The molecule has 45 heavy (non-hydrogen) atoms. The van der Waals surface area contributed by atoms with Crippen LogP contribution in [0.25, 0.3) is 11.3 Å². The quantitative estimate of drug-likeness (QED) is 0.250. The van der Waals surface area contributed by atoms with Crippen LogP contribution in [0.5, 0.6) is 0 Å². The van der Waals surface area contributed by atoms with Crippen molar-refractivity contribution in [2.45, 2.75) is 38.3 Å². The average molecular weight is 670 g/mol. The zero-order valence-electron chi connectivity index (χ0n) is 25.0. The van der Waals surface area contributed by atoms with E-state index in [4.69, 9.17) is 28.2 Å². The number of sulfonamides is 1. The van der Waals surface area contributed by atoms with Gasteiger partial charge in [0.05, 0.1) is 35.3 Å². The third-order valence-corrected chi connectivity index (χ3v) is 10.5. The van der Waals surface area contributed by atoms with Gasteiger partial charge in [-0.25, -0.2) is 22.7 Å². The van der Waals surface area contributed by atoms with Gasteiger partial charge >= 0.3 is 0 Å². The molecule has 0 unspecified atom stereocenters. The van der Waals surface area contributed by atoms with Crippen molar-refractivity contribution in [1.82, 2.24) is 23.7 Å². The molecule has 0 spiro atoms. The van der Waals surface area contributed by atoms with Crippen molar-refractivity contribution in [1.29, 1.82) is 0 Å². The molecule has 4 heterocycles. The molecule has 13 heteroatoms. The molecule has 2 N–H and O–H groups in total. The molecule has 2 aromatic heterocycles. The van der Waals surface area contributed by atoms with Crippen LogP contribution in [0.15, 0.2) is 60.9 Å². The number of aliphatic hydroxyl groups excluding tert-OH is 1. The monoisotopic (exact) mass is 668 g/mol. The average Bonchev–Trinajstić information content (AvgIpc) is 3.45. The Labute approximate surface area is 272 Å². The summed E-state index contributed by atoms with van der Waals surface area (Å²) in [5, 5.41) is 14.5. The number of piperidine rings is 1. The molecular weight excluding hydrogens is 635 g/mol. The lowest BCUT2D eigenvalue weighted by Gasteiger charge is -2.34. The van der Waals surface area contributed by atoms with E-state index in [1.165, 1.54) is 10.6 Å². The van der Waals surface area contributed by atoms with E-state index in [9.17, 15) is 18.3 Å². The number of aromatic nitrogens is 3. The number of aliphatic hydroxyl groups is 1. The number of nitrogens with one attached hydrogen (secondary N) is 1. The van der Waals surface area contributed by atoms with Crippen molar-refractivity contribution in [3.8, 4) is 11.3 Å². The Morgan fingerprint density at radius 3 is 2.53 bits per heavy atom. The molecule has 2 aromatic carbocycles. The maximum atomic E-state index is 13.6. The number of amides is 1. The molecule has 6 rings (SSSR count). The first-order chi connectivity index (χ1) is 21.5. The lowest BCUT2D eigenvalue weighted by molar-refractivity contribution is 0.0526. The fourth-order valence-electron chi connectivity index (χ4n) is 6.19. The van der Waals surface area contributed by atoms with E-state index in [1.54, 1.807) is 23.2 Å². The number of fused-ring (bicyclic) bond motifs is 1. The molecule has 1 fully saturated rings. The number of benzene rings is 2. The molecule has 10 nitrogen and oxygen atoms in total. The molecule has 0 aliphatic carbocycles. The van der Waals surface area contributed by atoms with Crippen LogP contribution in [0.3, 0.4) is 0 Å². The van der Waals surface area contributed by atoms with Gasteiger partial charge in [0.1, 0.15) is 5.69 Å². The third-order valence-electron chi connectivity index (χ3n) is 8.62. The molecule has 1 amide bonds. The highest BCUT2D eigenvalue weighted by atomic mass is 35.5. The second-order valence-corrected chi connectivity index (χ2v) is 14.4. The van der Waals surface area contributed by atoms with Gasteiger partial charge in [-0.3, -0.25) is 4.79 Å². The lowest BCUT2D eigenvalue weighted by Crippen LogP contribution is -2.43. The first-order valence-corrected chi connectivity index (χ1v) is 17.4. The molecule has 0 radical (unpaired) electrons. The summed E-state index contributed by atoms with van der Waals surface area (Å²) in [6.07, 6.45) is 6.38. The number of carbonyl (C=O) groups excluding carboxylic acids is 1. The standard InChI is InChI=1S/C32H34Cl2N6O4S/c1-20-17-35-32(36-27-7-6-22(15-26(27)34)21-8-10-39(11-9-21)45(2,43)44)37-30(20)24-16-28-31(42)40(13-12-38(28)18-24)29(19-41)23-4-3-5-25(33)14-23/h3-7,14-18,21,29,41H,8-13,19H2,1-2H3,(H,35,36,37)/t29-/m0/s1. The largest absolute Gasteiger partial charge is 0.394 e. The van der Waals surface area contributed by atoms with E-state index < -0.39 is 16.1 Å². The summed E-state index contributed by atoms with van der Waals surface area (Å²) in [7, 11) is -3.18. The Morgan fingerprint density at radius 2 is 1.84 bits per heavy atom. The van der Waals surface area contributed by atoms with Gasteiger partial charge in [-0.15, -0.1) is 0 Å². The van der Waals surface area contributed by atoms with Crippen molar-refractivity contribution in [3.63, 3.8) is 0 Å². The Kier molecular flexibility index (Phi) is 8.91. The fraction of sp³-hybridized carbons (Fsp3) is 0.344. The number of rotatable bonds is 8. The summed E-state index contributed by atoms with van der Waals surface area (Å²) in [6.45, 7) is 3.71. The van der Waals surface area contributed by atoms with E-state index in [-0.39, 0.29) is 18.4 Å². The molecule has 236 valence electrons. The first-order valence-electron chi connectivity index (χ1n) is 14.7. The smallest absolute Gasteiger partial charge is 0.271 e. The topological polar surface area (TPSA) is 121 Å². The first kappa shape index (κ1) is 31.5. The summed E-state index contributed by atoms with van der Waals surface area (Å²) in [5.74, 6) is 0.421. The zero-order valence-corrected chi connectivity index (χ0v) is 27.3. The summed E-state index contributed by atoms with van der Waals surface area (Å²) < 4.78 is 27.2. The highest BCUT2D eigenvalue weighted by molar-refractivity contribution is 7.88. The lowest BCUT2D eigenvalue weighted by atomic mass is 9.90. The number of carbonyl (C=O) groups is 1. The Morgan fingerprint density at radius 1 is 1.07 bits per heavy atom. The van der Waals surface area contributed by atoms with E-state index >= 15 is 0 Å². The molecule has 2 aliphatic heterocycles. The molecule has 0 bridgehead atoms. The van der Waals surface area contributed by atoms with Crippen LogP contribution < -0.4 is 5.32 Å². The van der Waals surface area contributed by atoms with Crippen molar-refractivity contribution in [3.05, 3.63) is 93.4 Å². The van der Waals surface area contributed by atoms with Gasteiger partial charge in [0, 0.05) is 49.2 Å². The van der Waals surface area contributed by atoms with Gasteiger partial charge in [0.15, 0.2) is 0 Å². The number of hydrogen-bond acceptors (Lipinski definition) is 7. The van der Waals surface area contributed by atoms with Crippen molar-refractivity contribution in [2.24, 2.45) is 0 Å². The normalized spacial score (nSPS) is 16.9. The summed E-state index contributed by atoms with van der Waals surface area (Å²) in [6, 6.07) is 14.4. The molecule has 0 saturated carbocycles. The van der Waals surface area contributed by atoms with E-state index in [0.29, 0.717) is 59.2 Å². The van der Waals surface area contributed by atoms with Crippen LogP contribution in [-0.2, 0) is 16.6 Å². The van der Waals surface area contributed by atoms with Crippen LogP contribution in [0.1, 0.15) is 52.0 Å². The van der Waals surface area contributed by atoms with Gasteiger partial charge in [0.2, 0.25) is 16.0 Å². The van der Waals surface area contributed by atoms with E-state index in [2.05, 4.69) is 10.3 Å². The van der Waals surface area contributed by atoms with Gasteiger partial charge in [-0.1, -0.05) is 41.4 Å². The molecule has 2 aliphatic rings. The number of nitrogens with zero attached hydrogens (tertiary/aromatic N) is 5. The SMILES string of the molecule is Cc1cnc(Nc2ccc(C3CCN(S(C)(=O)=O)CC3)cc2Cl)nc1-c1cc2n(c1)CCN([C@@H](CO)c1cccc(Cl)c1)C2=O. The summed E-state index contributed by atoms with van der Waals surface area (Å²) >= 11 is 12.9. The molecule has 1 saturated heterocycles. The summed E-state index contributed by atoms with van der Waals surface area (Å²) in [4.78, 5) is 24.6. The Balaban J connectivity index is 1.19. The van der Waals surface area contributed by atoms with Crippen molar-refractivity contribution < 1.29 is 18.3 Å². The minimum Gasteiger partial charge on any atom is -0.394 e. The molecule has 4 aromatic rings. The molecular formula is C32H34Cl2N6O4S. The predicted molar refractivity (Wildman–Crippen MR) is 176 cm³/mol. The highest BCUT2D eigenvalue weighted by Crippen LogP contribution is 2.35. The maximum absolute atomic E-state index is 13.6. The number of hydrogen-bond donors (Lipinski definition) is 2. The van der Waals surface area contributed by atoms with Gasteiger partial charge < -0.3 is 19.9 Å². The predicted octanol–water partition coefficient (Wildman–Crippen LogP) is 5.63. The highest BCUT2D eigenvalue weighted by Gasteiger charge is 2.32. The van der Waals surface area contributed by atoms with Gasteiger partial charge in [-0.2, -0.15) is 0 Å². The van der Waals surface area contributed by atoms with Crippen LogP contribution >= 0.6 is 23.2 Å². The Hall–Kier alpha value is -3.48. The minimum atomic E-state index is -3.18. The second kappa shape index (κ2) is 12.7. The number of halogens is 2. The van der Waals surface area contributed by atoms with Crippen LogP contribution in [0.2, 0.25) is 10.0 Å². The minimum absolute atomic E-state index is 0.176. The van der Waals surface area contributed by atoms with Crippen LogP contribution in [0.4, 0.5) is 11.6 Å². The van der Waals surface area contributed by atoms with Gasteiger partial charge in [0.25, 0.3) is 5.91 Å². The van der Waals surface area contributed by atoms with Crippen molar-refractivity contribution in [2.75, 3.05) is 37.8 Å². The Bertz CT molecular complexity index is 1860. The summed E-state index contributed by atoms with van der Waals surface area (Å²) in [5.41, 5.74) is 5.35. The third kappa shape index (κ3) is 6.59. The van der Waals surface area contributed by atoms with Crippen LogP contribution in [-0.4, -0.2) is 75.7 Å². The fourth-order valence-corrected chi connectivity index (χ4v) is 7.49. The maximum Gasteiger partial charge on any atom is 0.271 e. The number of anilines is 2. The van der Waals surface area contributed by atoms with E-state index in [0.717, 1.165) is 35.1 Å². The zero-order chi connectivity index (χ0) is 31.9. The second-order valence-electron chi connectivity index (χ2n) is 11.6.